The van der Waals surface area contributed by atoms with Crippen molar-refractivity contribution in [1.29, 1.82) is 0 Å². The number of carbonyl (C=O) groups excluding carboxylic acids is 1. The van der Waals surface area contributed by atoms with E-state index in [1.165, 1.54) is 17.4 Å². The van der Waals surface area contributed by atoms with Crippen molar-refractivity contribution in [3.05, 3.63) is 59.5 Å². The van der Waals surface area contributed by atoms with Gasteiger partial charge in [0, 0.05) is 43.7 Å². The second-order valence-corrected chi connectivity index (χ2v) is 9.23. The first-order chi connectivity index (χ1) is 16.0. The molecule has 172 valence electrons. The molecule has 9 heteroatoms. The van der Waals surface area contributed by atoms with Crippen LogP contribution in [0.3, 0.4) is 0 Å². The van der Waals surface area contributed by atoms with Gasteiger partial charge in [0.05, 0.1) is 28.6 Å². The van der Waals surface area contributed by atoms with Crippen LogP contribution >= 0.6 is 11.3 Å². The Hall–Kier alpha value is -2.85. The monoisotopic (exact) mass is 468 g/mol. The third kappa shape index (κ3) is 4.37. The van der Waals surface area contributed by atoms with Crippen molar-refractivity contribution in [2.24, 2.45) is 5.73 Å². The van der Waals surface area contributed by atoms with Gasteiger partial charge in [-0.05, 0) is 48.7 Å². The average Bonchev–Trinajstić information content (AvgIpc) is 3.37. The number of hydrogen-bond donors (Lipinski definition) is 2. The van der Waals surface area contributed by atoms with Crippen LogP contribution < -0.4 is 11.1 Å². The van der Waals surface area contributed by atoms with Gasteiger partial charge >= 0.3 is 0 Å². The zero-order chi connectivity index (χ0) is 22.9. The molecule has 3 N–H and O–H groups in total. The minimum Gasteiger partial charge on any atom is -0.383 e. The Morgan fingerprint density at radius 1 is 1.33 bits per heavy atom. The molecule has 4 aromatic rings. The topological polar surface area (TPSA) is 90.9 Å². The number of methoxy groups -OCH3 is 1. The maximum absolute atomic E-state index is 14.8. The molecule has 0 bridgehead atoms. The second kappa shape index (κ2) is 9.18. The number of amides is 1. The van der Waals surface area contributed by atoms with Gasteiger partial charge < -0.3 is 20.5 Å². The molecule has 1 atom stereocenters. The van der Waals surface area contributed by atoms with Crippen LogP contribution in [0.25, 0.3) is 26.4 Å². The number of rotatable bonds is 6. The van der Waals surface area contributed by atoms with Crippen molar-refractivity contribution in [3.8, 4) is 11.3 Å². The summed E-state index contributed by atoms with van der Waals surface area (Å²) in [4.78, 5) is 18.0. The number of hydrogen-bond acceptors (Lipinski definition) is 6. The summed E-state index contributed by atoms with van der Waals surface area (Å²) in [6.45, 7) is 1.68. The number of aromatic nitrogens is 2. The molecule has 0 spiro atoms. The normalized spacial score (nSPS) is 15.8. The lowest BCUT2D eigenvalue weighted by atomic mass is 10.0. The Labute approximate surface area is 194 Å². The van der Waals surface area contributed by atoms with Gasteiger partial charge in [-0.15, -0.1) is 0 Å². The molecule has 1 amide bonds. The molecular formula is C24H25FN4O3S. The van der Waals surface area contributed by atoms with Crippen LogP contribution in [0.2, 0.25) is 0 Å². The van der Waals surface area contributed by atoms with Crippen LogP contribution in [0.1, 0.15) is 34.8 Å². The molecule has 2 aromatic heterocycles. The quantitative estimate of drug-likeness (QED) is 0.448. The van der Waals surface area contributed by atoms with Crippen LogP contribution in [0.4, 0.5) is 4.39 Å². The van der Waals surface area contributed by atoms with Gasteiger partial charge in [0.1, 0.15) is 5.82 Å². The van der Waals surface area contributed by atoms with E-state index in [1.54, 1.807) is 19.2 Å². The molecule has 1 fully saturated rings. The van der Waals surface area contributed by atoms with Crippen molar-refractivity contribution in [1.82, 2.24) is 14.7 Å². The molecule has 1 aliphatic rings. The number of fused-ring (bicyclic) bond motifs is 3. The average molecular weight is 469 g/mol. The largest absolute Gasteiger partial charge is 0.383 e. The standard InChI is InChI=1S/C24H25FN4O3S/c1-31-13-19(26)14-2-4-17(18(25)10-14)20-12-29-21-5-3-15(11-22(21)33-24(29)28-20)23(30)27-16-6-8-32-9-7-16/h2-5,10-12,16,19H,6-9,13,26H2,1H3,(H,27,30). The highest BCUT2D eigenvalue weighted by molar-refractivity contribution is 7.23. The number of nitrogens with zero attached hydrogens (tertiary/aromatic N) is 2. The van der Waals surface area contributed by atoms with Gasteiger partial charge in [0.2, 0.25) is 0 Å². The minimum atomic E-state index is -0.383. The maximum Gasteiger partial charge on any atom is 0.251 e. The third-order valence-electron chi connectivity index (χ3n) is 5.96. The van der Waals surface area contributed by atoms with Crippen LogP contribution in [-0.2, 0) is 9.47 Å². The lowest BCUT2D eigenvalue weighted by molar-refractivity contribution is 0.0696. The van der Waals surface area contributed by atoms with Crippen molar-refractivity contribution < 1.29 is 18.7 Å². The van der Waals surface area contributed by atoms with E-state index in [9.17, 15) is 9.18 Å². The van der Waals surface area contributed by atoms with Crippen LogP contribution in [0, 0.1) is 5.82 Å². The molecule has 5 rings (SSSR count). The van der Waals surface area contributed by atoms with E-state index in [0.29, 0.717) is 42.2 Å². The first kappa shape index (κ1) is 22.0. The summed E-state index contributed by atoms with van der Waals surface area (Å²) in [6.07, 6.45) is 3.49. The summed E-state index contributed by atoms with van der Waals surface area (Å²) < 4.78 is 28.1. The predicted molar refractivity (Wildman–Crippen MR) is 126 cm³/mol. The molecule has 3 heterocycles. The number of halogens is 1. The number of benzene rings is 2. The maximum atomic E-state index is 14.8. The van der Waals surface area contributed by atoms with E-state index in [-0.39, 0.29) is 23.8 Å². The first-order valence-corrected chi connectivity index (χ1v) is 11.7. The molecule has 0 aliphatic carbocycles. The van der Waals surface area contributed by atoms with Crippen molar-refractivity contribution in [2.45, 2.75) is 24.9 Å². The molecular weight excluding hydrogens is 443 g/mol. The Bertz CT molecular complexity index is 1310. The number of ether oxygens (including phenoxy) is 2. The number of nitrogens with two attached hydrogens (primary N) is 1. The molecule has 7 nitrogen and oxygen atoms in total. The van der Waals surface area contributed by atoms with E-state index in [2.05, 4.69) is 10.3 Å². The summed E-state index contributed by atoms with van der Waals surface area (Å²) in [5, 5.41) is 3.09. The highest BCUT2D eigenvalue weighted by Gasteiger charge is 2.19. The molecule has 33 heavy (non-hydrogen) atoms. The summed E-state index contributed by atoms with van der Waals surface area (Å²) in [5.41, 5.74) is 9.20. The molecule has 0 saturated carbocycles. The lowest BCUT2D eigenvalue weighted by Gasteiger charge is -2.23. The highest BCUT2D eigenvalue weighted by Crippen LogP contribution is 2.31. The minimum absolute atomic E-state index is 0.0793. The van der Waals surface area contributed by atoms with E-state index < -0.39 is 0 Å². The van der Waals surface area contributed by atoms with E-state index in [0.717, 1.165) is 28.0 Å². The predicted octanol–water partition coefficient (Wildman–Crippen LogP) is 3.91. The van der Waals surface area contributed by atoms with Crippen LogP contribution in [0.15, 0.2) is 42.6 Å². The van der Waals surface area contributed by atoms with Crippen molar-refractivity contribution in [3.63, 3.8) is 0 Å². The fourth-order valence-electron chi connectivity index (χ4n) is 4.13. The van der Waals surface area contributed by atoms with Gasteiger partial charge in [-0.25, -0.2) is 9.37 Å². The SMILES string of the molecule is COCC(N)c1ccc(-c2cn3c(n2)sc2cc(C(=O)NC4CCOCC4)ccc23)c(F)c1. The third-order valence-corrected chi connectivity index (χ3v) is 6.97. The van der Waals surface area contributed by atoms with Gasteiger partial charge in [-0.3, -0.25) is 9.20 Å². The molecule has 2 aromatic carbocycles. The van der Waals surface area contributed by atoms with Crippen molar-refractivity contribution in [2.75, 3.05) is 26.9 Å². The molecule has 1 unspecified atom stereocenters. The van der Waals surface area contributed by atoms with Gasteiger partial charge in [-0.1, -0.05) is 17.4 Å². The number of carbonyl (C=O) groups is 1. The van der Waals surface area contributed by atoms with Gasteiger partial charge in [-0.2, -0.15) is 0 Å². The van der Waals surface area contributed by atoms with Crippen LogP contribution in [0.5, 0.6) is 0 Å². The Morgan fingerprint density at radius 2 is 2.15 bits per heavy atom. The second-order valence-electron chi connectivity index (χ2n) is 8.22. The highest BCUT2D eigenvalue weighted by atomic mass is 32.1. The molecule has 1 saturated heterocycles. The number of thiazole rings is 1. The first-order valence-electron chi connectivity index (χ1n) is 10.9. The van der Waals surface area contributed by atoms with Crippen molar-refractivity contribution >= 4 is 32.4 Å². The van der Waals surface area contributed by atoms with E-state index in [4.69, 9.17) is 15.2 Å². The fraction of sp³-hybridized carbons (Fsp3) is 0.333. The Kier molecular flexibility index (Phi) is 6.11. The molecule has 1 aliphatic heterocycles. The van der Waals surface area contributed by atoms with E-state index in [1.807, 2.05) is 28.8 Å². The Morgan fingerprint density at radius 3 is 2.91 bits per heavy atom. The van der Waals surface area contributed by atoms with Gasteiger partial charge in [0.25, 0.3) is 5.91 Å². The van der Waals surface area contributed by atoms with Gasteiger partial charge in [0.15, 0.2) is 4.96 Å². The Balaban J connectivity index is 1.40. The zero-order valence-corrected chi connectivity index (χ0v) is 19.0. The number of imidazole rings is 1. The number of nitrogens with one attached hydrogen (secondary N) is 1. The van der Waals surface area contributed by atoms with E-state index >= 15 is 0 Å². The fourth-order valence-corrected chi connectivity index (χ4v) is 5.18. The molecule has 0 radical (unpaired) electrons. The summed E-state index contributed by atoms with van der Waals surface area (Å²) in [7, 11) is 1.56. The lowest BCUT2D eigenvalue weighted by Crippen LogP contribution is -2.38. The summed E-state index contributed by atoms with van der Waals surface area (Å²) >= 11 is 1.47. The van der Waals surface area contributed by atoms with Crippen LogP contribution in [-0.4, -0.2) is 48.3 Å². The smallest absolute Gasteiger partial charge is 0.251 e. The summed E-state index contributed by atoms with van der Waals surface area (Å²) in [6, 6.07) is 10.3. The summed E-state index contributed by atoms with van der Waals surface area (Å²) in [5.74, 6) is -0.453. The zero-order valence-electron chi connectivity index (χ0n) is 18.2.